The first-order valence-corrected chi connectivity index (χ1v) is 10.5. The van der Waals surface area contributed by atoms with Crippen molar-refractivity contribution in [1.82, 2.24) is 9.29 Å². The molecule has 140 valence electrons. The largest absolute Gasteiger partial charge is 0.293 e. The third kappa shape index (κ3) is 4.34. The molecule has 7 heteroatoms. The van der Waals surface area contributed by atoms with Gasteiger partial charge in [0.1, 0.15) is 4.90 Å². The van der Waals surface area contributed by atoms with Gasteiger partial charge in [0, 0.05) is 25.9 Å². The summed E-state index contributed by atoms with van der Waals surface area (Å²) < 4.78 is 25.3. The van der Waals surface area contributed by atoms with Gasteiger partial charge in [-0.05, 0) is 62.6 Å². The molecule has 0 saturated carbocycles. The van der Waals surface area contributed by atoms with Gasteiger partial charge in [0.2, 0.25) is 10.0 Å². The Morgan fingerprint density at radius 1 is 1.08 bits per heavy atom. The van der Waals surface area contributed by atoms with Crippen molar-refractivity contribution >= 4 is 27.6 Å². The summed E-state index contributed by atoms with van der Waals surface area (Å²) >= 11 is 1.32. The highest BCUT2D eigenvalue weighted by atomic mass is 32.2. The number of pyridine rings is 1. The van der Waals surface area contributed by atoms with E-state index in [1.165, 1.54) is 43.7 Å². The number of benzene rings is 1. The zero-order valence-corrected chi connectivity index (χ0v) is 17.5. The van der Waals surface area contributed by atoms with E-state index in [1.807, 2.05) is 39.8 Å². The zero-order valence-electron chi connectivity index (χ0n) is 15.9. The summed E-state index contributed by atoms with van der Waals surface area (Å²) in [6.45, 7) is 7.81. The fraction of sp³-hybridized carbons (Fsp3) is 0.368. The Hall–Kier alpha value is -1.70. The molecular formula is C19H24N2O3S2. The van der Waals surface area contributed by atoms with Gasteiger partial charge in [-0.2, -0.15) is 0 Å². The fourth-order valence-electron chi connectivity index (χ4n) is 2.48. The normalized spacial score (nSPS) is 13.0. The van der Waals surface area contributed by atoms with E-state index in [-0.39, 0.29) is 15.9 Å². The molecule has 0 bridgehead atoms. The smallest absolute Gasteiger partial charge is 0.244 e. The molecule has 0 spiro atoms. The number of hydrogen-bond donors (Lipinski definition) is 0. The lowest BCUT2D eigenvalue weighted by Crippen LogP contribution is -2.22. The minimum absolute atomic E-state index is 0.0439. The van der Waals surface area contributed by atoms with Crippen molar-refractivity contribution in [3.8, 4) is 0 Å². The Morgan fingerprint density at radius 3 is 2.23 bits per heavy atom. The summed E-state index contributed by atoms with van der Waals surface area (Å²) in [5.41, 5.74) is 3.94. The maximum atomic E-state index is 12.8. The molecular weight excluding hydrogens is 368 g/mol. The maximum absolute atomic E-state index is 12.8. The monoisotopic (exact) mass is 392 g/mol. The SMILES string of the molecule is Cc1cc(C)c(C(=O)[C@@H](C)Sc2ccc(S(=O)(=O)N(C)C)cn2)cc1C. The van der Waals surface area contributed by atoms with E-state index in [1.54, 1.807) is 6.07 Å². The van der Waals surface area contributed by atoms with Crippen molar-refractivity contribution in [3.63, 3.8) is 0 Å². The van der Waals surface area contributed by atoms with E-state index in [9.17, 15) is 13.2 Å². The molecule has 0 saturated heterocycles. The second kappa shape index (κ2) is 7.90. The minimum Gasteiger partial charge on any atom is -0.293 e. The Labute approximate surface area is 159 Å². The number of carbonyl (C=O) groups excluding carboxylic acids is 1. The number of aromatic nitrogens is 1. The number of rotatable bonds is 6. The highest BCUT2D eigenvalue weighted by Gasteiger charge is 2.21. The van der Waals surface area contributed by atoms with Crippen molar-refractivity contribution in [2.45, 2.75) is 42.9 Å². The molecule has 26 heavy (non-hydrogen) atoms. The summed E-state index contributed by atoms with van der Waals surface area (Å²) in [6, 6.07) is 7.12. The predicted molar refractivity (Wildman–Crippen MR) is 105 cm³/mol. The molecule has 2 aromatic rings. The Balaban J connectivity index is 2.19. The summed E-state index contributed by atoms with van der Waals surface area (Å²) in [7, 11) is -0.548. The molecule has 1 aromatic heterocycles. The van der Waals surface area contributed by atoms with Gasteiger partial charge in [-0.1, -0.05) is 17.8 Å². The van der Waals surface area contributed by atoms with Crippen LogP contribution in [-0.2, 0) is 10.0 Å². The van der Waals surface area contributed by atoms with Crippen LogP contribution >= 0.6 is 11.8 Å². The van der Waals surface area contributed by atoms with E-state index in [4.69, 9.17) is 0 Å². The van der Waals surface area contributed by atoms with Gasteiger partial charge in [0.25, 0.3) is 0 Å². The summed E-state index contributed by atoms with van der Waals surface area (Å²) in [5, 5.41) is 0.296. The van der Waals surface area contributed by atoms with E-state index in [0.717, 1.165) is 21.0 Å². The number of hydrogen-bond acceptors (Lipinski definition) is 5. The van der Waals surface area contributed by atoms with Gasteiger partial charge in [-0.3, -0.25) is 4.79 Å². The van der Waals surface area contributed by atoms with Gasteiger partial charge in [0.05, 0.1) is 10.3 Å². The molecule has 0 unspecified atom stereocenters. The van der Waals surface area contributed by atoms with Crippen LogP contribution in [0.25, 0.3) is 0 Å². The van der Waals surface area contributed by atoms with Gasteiger partial charge < -0.3 is 0 Å². The molecule has 2 rings (SSSR count). The average Bonchev–Trinajstić information content (AvgIpc) is 2.57. The molecule has 0 amide bonds. The molecule has 0 fully saturated rings. The van der Waals surface area contributed by atoms with Crippen LogP contribution in [-0.4, -0.2) is 42.8 Å². The number of sulfonamides is 1. The van der Waals surface area contributed by atoms with Crippen LogP contribution < -0.4 is 0 Å². The van der Waals surface area contributed by atoms with Gasteiger partial charge in [-0.15, -0.1) is 0 Å². The number of carbonyl (C=O) groups is 1. The van der Waals surface area contributed by atoms with Crippen LogP contribution in [0.1, 0.15) is 34.0 Å². The quantitative estimate of drug-likeness (QED) is 0.555. The molecule has 0 aliphatic carbocycles. The highest BCUT2D eigenvalue weighted by molar-refractivity contribution is 8.00. The van der Waals surface area contributed by atoms with E-state index in [2.05, 4.69) is 4.98 Å². The third-order valence-corrected chi connectivity index (χ3v) is 7.11. The number of Topliss-reactive ketones (excluding diaryl/α,β-unsaturated/α-hetero) is 1. The maximum Gasteiger partial charge on any atom is 0.244 e. The summed E-state index contributed by atoms with van der Waals surface area (Å²) in [5.74, 6) is 0.0439. The lowest BCUT2D eigenvalue weighted by atomic mass is 9.97. The highest BCUT2D eigenvalue weighted by Crippen LogP contribution is 2.27. The third-order valence-electron chi connectivity index (χ3n) is 4.26. The Kier molecular flexibility index (Phi) is 6.26. The fourth-order valence-corrected chi connectivity index (χ4v) is 4.18. The molecule has 5 nitrogen and oxygen atoms in total. The van der Waals surface area contributed by atoms with Crippen molar-refractivity contribution in [2.75, 3.05) is 14.1 Å². The van der Waals surface area contributed by atoms with Gasteiger partial charge in [-0.25, -0.2) is 17.7 Å². The van der Waals surface area contributed by atoms with Crippen LogP contribution in [0.4, 0.5) is 0 Å². The van der Waals surface area contributed by atoms with Crippen LogP contribution in [0.3, 0.4) is 0 Å². The number of thioether (sulfide) groups is 1. The first kappa shape index (κ1) is 20.6. The van der Waals surface area contributed by atoms with E-state index < -0.39 is 10.0 Å². The van der Waals surface area contributed by atoms with Crippen LogP contribution in [0.15, 0.2) is 40.4 Å². The topological polar surface area (TPSA) is 67.3 Å². The predicted octanol–water partition coefficient (Wildman–Crippen LogP) is 3.62. The Morgan fingerprint density at radius 2 is 1.69 bits per heavy atom. The first-order chi connectivity index (χ1) is 12.0. The summed E-state index contributed by atoms with van der Waals surface area (Å²) in [4.78, 5) is 17.1. The molecule has 1 aromatic carbocycles. The minimum atomic E-state index is -3.50. The number of nitrogens with zero attached hydrogens (tertiary/aromatic N) is 2. The molecule has 0 N–H and O–H groups in total. The molecule has 1 heterocycles. The van der Waals surface area contributed by atoms with Crippen LogP contribution in [0.2, 0.25) is 0 Å². The first-order valence-electron chi connectivity index (χ1n) is 8.21. The molecule has 0 aliphatic heterocycles. The van der Waals surface area contributed by atoms with Crippen LogP contribution in [0.5, 0.6) is 0 Å². The van der Waals surface area contributed by atoms with Crippen molar-refractivity contribution in [1.29, 1.82) is 0 Å². The molecule has 0 radical (unpaired) electrons. The number of ketones is 1. The average molecular weight is 393 g/mol. The van der Waals surface area contributed by atoms with E-state index >= 15 is 0 Å². The lowest BCUT2D eigenvalue weighted by Gasteiger charge is -2.14. The lowest BCUT2D eigenvalue weighted by molar-refractivity contribution is 0.0993. The summed E-state index contributed by atoms with van der Waals surface area (Å²) in [6.07, 6.45) is 1.33. The van der Waals surface area contributed by atoms with Crippen molar-refractivity contribution < 1.29 is 13.2 Å². The second-order valence-electron chi connectivity index (χ2n) is 6.50. The van der Waals surface area contributed by atoms with Gasteiger partial charge >= 0.3 is 0 Å². The zero-order chi connectivity index (χ0) is 19.6. The standard InChI is InChI=1S/C19H24N2O3S2/c1-12-9-14(3)17(10-13(12)2)19(22)15(4)25-18-8-7-16(11-20-18)26(23,24)21(5)6/h7-11,15H,1-6H3/t15-/m1/s1. The van der Waals surface area contributed by atoms with E-state index in [0.29, 0.717) is 5.03 Å². The number of aryl methyl sites for hydroxylation is 3. The Bertz CT molecular complexity index is 921. The second-order valence-corrected chi connectivity index (χ2v) is 10.0. The van der Waals surface area contributed by atoms with Crippen molar-refractivity contribution in [3.05, 3.63) is 52.7 Å². The molecule has 1 atom stereocenters. The van der Waals surface area contributed by atoms with Crippen LogP contribution in [0, 0.1) is 20.8 Å². The van der Waals surface area contributed by atoms with Gasteiger partial charge in [0.15, 0.2) is 5.78 Å². The molecule has 0 aliphatic rings. The van der Waals surface area contributed by atoms with Crippen molar-refractivity contribution in [2.24, 2.45) is 0 Å².